The van der Waals surface area contributed by atoms with Crippen LogP contribution in [0.3, 0.4) is 0 Å². The third-order valence-corrected chi connectivity index (χ3v) is 1.83. The molecule has 3 N–H and O–H groups in total. The van der Waals surface area contributed by atoms with Crippen molar-refractivity contribution in [3.63, 3.8) is 0 Å². The van der Waals surface area contributed by atoms with Crippen molar-refractivity contribution >= 4 is 11.8 Å². The zero-order valence-corrected chi connectivity index (χ0v) is 10.7. The van der Waals surface area contributed by atoms with Crippen LogP contribution in [-0.2, 0) is 4.74 Å². The zero-order chi connectivity index (χ0) is 13.8. The number of hydrogen-bond acceptors (Lipinski definition) is 3. The molecule has 0 aliphatic carbocycles. The molecule has 1 aromatic carbocycles. The van der Waals surface area contributed by atoms with Gasteiger partial charge in [-0.05, 0) is 12.1 Å². The second-order valence-corrected chi connectivity index (χ2v) is 3.04. The summed E-state index contributed by atoms with van der Waals surface area (Å²) < 4.78 is 16.8. The molecule has 4 nitrogen and oxygen atoms in total. The number of amides is 1. The van der Waals surface area contributed by atoms with E-state index in [1.807, 2.05) is 19.9 Å². The van der Waals surface area contributed by atoms with Crippen molar-refractivity contribution in [2.75, 3.05) is 18.5 Å². The number of ether oxygens (including phenoxy) is 1. The predicted molar refractivity (Wildman–Crippen MR) is 71.0 cm³/mol. The van der Waals surface area contributed by atoms with Crippen LogP contribution < -0.4 is 11.1 Å². The van der Waals surface area contributed by atoms with E-state index in [2.05, 4.69) is 5.32 Å². The number of nitrogens with two attached hydrogens (primary N) is 1. The number of carbonyl (C=O) groups excluding carboxylic acids is 1. The SMILES string of the molecule is CC.NC/C(=C/F)COC(=O)Nc1ccccc1. The van der Waals surface area contributed by atoms with Crippen molar-refractivity contribution < 1.29 is 13.9 Å². The van der Waals surface area contributed by atoms with Crippen LogP contribution in [-0.4, -0.2) is 19.2 Å². The van der Waals surface area contributed by atoms with Gasteiger partial charge in [0.1, 0.15) is 6.61 Å². The molecule has 0 aromatic heterocycles. The van der Waals surface area contributed by atoms with Gasteiger partial charge in [0.05, 0.1) is 6.33 Å². The number of halogens is 1. The third-order valence-electron chi connectivity index (χ3n) is 1.83. The van der Waals surface area contributed by atoms with Crippen molar-refractivity contribution in [3.8, 4) is 0 Å². The summed E-state index contributed by atoms with van der Waals surface area (Å²) >= 11 is 0. The highest BCUT2D eigenvalue weighted by Crippen LogP contribution is 2.05. The first-order valence-corrected chi connectivity index (χ1v) is 5.73. The van der Waals surface area contributed by atoms with E-state index in [-0.39, 0.29) is 18.7 Å². The molecule has 0 aliphatic rings. The molecule has 0 saturated carbocycles. The Hall–Kier alpha value is -1.88. The van der Waals surface area contributed by atoms with Crippen LogP contribution in [0.25, 0.3) is 0 Å². The number of benzene rings is 1. The Morgan fingerprint density at radius 2 is 2.00 bits per heavy atom. The van der Waals surface area contributed by atoms with Crippen LogP contribution in [0.15, 0.2) is 42.2 Å². The first kappa shape index (κ1) is 16.1. The molecular weight excluding hydrogens is 235 g/mol. The van der Waals surface area contributed by atoms with Gasteiger partial charge in [0.2, 0.25) is 0 Å². The van der Waals surface area contributed by atoms with Gasteiger partial charge in [0.15, 0.2) is 0 Å². The van der Waals surface area contributed by atoms with Gasteiger partial charge in [-0.2, -0.15) is 0 Å². The lowest BCUT2D eigenvalue weighted by molar-refractivity contribution is 0.171. The summed E-state index contributed by atoms with van der Waals surface area (Å²) in [6, 6.07) is 8.83. The van der Waals surface area contributed by atoms with Crippen molar-refractivity contribution in [1.82, 2.24) is 0 Å². The van der Waals surface area contributed by atoms with Crippen molar-refractivity contribution in [3.05, 3.63) is 42.2 Å². The van der Waals surface area contributed by atoms with Gasteiger partial charge in [-0.25, -0.2) is 9.18 Å². The highest BCUT2D eigenvalue weighted by Gasteiger charge is 2.03. The van der Waals surface area contributed by atoms with E-state index in [0.29, 0.717) is 12.0 Å². The lowest BCUT2D eigenvalue weighted by atomic mass is 10.3. The maximum Gasteiger partial charge on any atom is 0.411 e. The largest absolute Gasteiger partial charge is 0.445 e. The molecule has 1 aromatic rings. The molecular formula is C13H19FN2O2. The van der Waals surface area contributed by atoms with E-state index in [4.69, 9.17) is 10.5 Å². The molecule has 5 heteroatoms. The van der Waals surface area contributed by atoms with E-state index >= 15 is 0 Å². The molecule has 18 heavy (non-hydrogen) atoms. The summed E-state index contributed by atoms with van der Waals surface area (Å²) in [6.07, 6.45) is -0.297. The molecule has 0 heterocycles. The number of carbonyl (C=O) groups is 1. The molecule has 0 saturated heterocycles. The Bertz CT molecular complexity index is 367. The molecule has 1 rings (SSSR count). The minimum Gasteiger partial charge on any atom is -0.445 e. The number of nitrogens with one attached hydrogen (secondary N) is 1. The topological polar surface area (TPSA) is 64.3 Å². The molecule has 100 valence electrons. The summed E-state index contributed by atoms with van der Waals surface area (Å²) in [6.45, 7) is 3.88. The zero-order valence-electron chi connectivity index (χ0n) is 10.7. The average molecular weight is 254 g/mol. The summed E-state index contributed by atoms with van der Waals surface area (Å²) in [4.78, 5) is 11.2. The van der Waals surface area contributed by atoms with Crippen LogP contribution in [0.1, 0.15) is 13.8 Å². The molecule has 0 aliphatic heterocycles. The smallest absolute Gasteiger partial charge is 0.411 e. The molecule has 0 spiro atoms. The minimum absolute atomic E-state index is 0.0229. The van der Waals surface area contributed by atoms with Crippen LogP contribution in [0, 0.1) is 0 Å². The van der Waals surface area contributed by atoms with Gasteiger partial charge in [-0.15, -0.1) is 0 Å². The molecule has 0 radical (unpaired) electrons. The summed E-state index contributed by atoms with van der Waals surface area (Å²) in [5, 5.41) is 2.49. The van der Waals surface area contributed by atoms with Gasteiger partial charge in [0.25, 0.3) is 0 Å². The minimum atomic E-state index is -0.640. The molecule has 0 fully saturated rings. The Morgan fingerprint density at radius 1 is 1.39 bits per heavy atom. The van der Waals surface area contributed by atoms with Crippen LogP contribution in [0.4, 0.5) is 14.9 Å². The summed E-state index contributed by atoms with van der Waals surface area (Å²) in [7, 11) is 0. The van der Waals surface area contributed by atoms with Crippen molar-refractivity contribution in [1.29, 1.82) is 0 Å². The fourth-order valence-electron chi connectivity index (χ4n) is 0.969. The maximum atomic E-state index is 12.1. The number of para-hydroxylation sites is 1. The van der Waals surface area contributed by atoms with Crippen LogP contribution in [0.2, 0.25) is 0 Å². The van der Waals surface area contributed by atoms with Gasteiger partial charge in [-0.3, -0.25) is 5.32 Å². The Morgan fingerprint density at radius 3 is 2.50 bits per heavy atom. The summed E-state index contributed by atoms with van der Waals surface area (Å²) in [5.41, 5.74) is 6.04. The highest BCUT2D eigenvalue weighted by atomic mass is 19.1. The van der Waals surface area contributed by atoms with Crippen molar-refractivity contribution in [2.24, 2.45) is 5.73 Å². The highest BCUT2D eigenvalue weighted by molar-refractivity contribution is 5.84. The Balaban J connectivity index is 0.00000137. The standard InChI is InChI=1S/C11H13FN2O2.C2H6/c12-6-9(7-13)8-16-11(15)14-10-4-2-1-3-5-10;1-2/h1-6H,7-8,13H2,(H,14,15);1-2H3/b9-6-;. The second-order valence-electron chi connectivity index (χ2n) is 3.04. The monoisotopic (exact) mass is 254 g/mol. The quantitative estimate of drug-likeness (QED) is 0.867. The molecule has 0 unspecified atom stereocenters. The van der Waals surface area contributed by atoms with E-state index < -0.39 is 6.09 Å². The maximum absolute atomic E-state index is 12.1. The Kier molecular flexibility index (Phi) is 9.21. The number of anilines is 1. The average Bonchev–Trinajstić information content (AvgIpc) is 2.43. The normalized spacial score (nSPS) is 10.1. The fraction of sp³-hybridized carbons (Fsp3) is 0.308. The van der Waals surface area contributed by atoms with Crippen LogP contribution >= 0.6 is 0 Å². The van der Waals surface area contributed by atoms with E-state index in [1.165, 1.54) is 0 Å². The van der Waals surface area contributed by atoms with E-state index in [0.717, 1.165) is 0 Å². The van der Waals surface area contributed by atoms with Crippen molar-refractivity contribution in [2.45, 2.75) is 13.8 Å². The number of rotatable bonds is 4. The fourth-order valence-corrected chi connectivity index (χ4v) is 0.969. The van der Waals surface area contributed by atoms with Gasteiger partial charge in [-0.1, -0.05) is 32.0 Å². The summed E-state index contributed by atoms with van der Waals surface area (Å²) in [5.74, 6) is 0. The van der Waals surface area contributed by atoms with Gasteiger partial charge in [0, 0.05) is 17.8 Å². The predicted octanol–water partition coefficient (Wildman–Crippen LogP) is 3.07. The molecule has 0 bridgehead atoms. The lowest BCUT2D eigenvalue weighted by Crippen LogP contribution is -2.17. The van der Waals surface area contributed by atoms with Gasteiger partial charge >= 0.3 is 6.09 Å². The molecule has 0 atom stereocenters. The molecule has 1 amide bonds. The number of hydrogen-bond donors (Lipinski definition) is 2. The van der Waals surface area contributed by atoms with E-state index in [9.17, 15) is 9.18 Å². The van der Waals surface area contributed by atoms with Crippen LogP contribution in [0.5, 0.6) is 0 Å². The second kappa shape index (κ2) is 10.3. The first-order valence-electron chi connectivity index (χ1n) is 5.73. The van der Waals surface area contributed by atoms with E-state index in [1.54, 1.807) is 24.3 Å². The third kappa shape index (κ3) is 6.65. The Labute approximate surface area is 107 Å². The lowest BCUT2D eigenvalue weighted by Gasteiger charge is -2.07. The van der Waals surface area contributed by atoms with Gasteiger partial charge < -0.3 is 10.5 Å². The first-order chi connectivity index (χ1) is 8.76.